The van der Waals surface area contributed by atoms with E-state index >= 15 is 0 Å². The van der Waals surface area contributed by atoms with Gasteiger partial charge in [-0.05, 0) is 17.3 Å². The van der Waals surface area contributed by atoms with Gasteiger partial charge in [0.05, 0.1) is 0 Å². The third-order valence-electron chi connectivity index (χ3n) is 2.01. The topological polar surface area (TPSA) is 88.8 Å². The number of para-hydroxylation sites is 1. The Morgan fingerprint density at radius 3 is 2.80 bits per heavy atom. The van der Waals surface area contributed by atoms with Crippen LogP contribution in [-0.4, -0.2) is 11.1 Å². The molecule has 1 aromatic heterocycles. The Hall–Kier alpha value is -2.30. The van der Waals surface area contributed by atoms with Crippen LogP contribution in [0.2, 0.25) is 0 Å². The fourth-order valence-electron chi connectivity index (χ4n) is 1.32. The molecule has 15 heavy (non-hydrogen) atoms. The van der Waals surface area contributed by atoms with Crippen molar-refractivity contribution in [2.24, 2.45) is 10.9 Å². The van der Waals surface area contributed by atoms with Crippen molar-refractivity contribution in [2.75, 3.05) is 0 Å². The summed E-state index contributed by atoms with van der Waals surface area (Å²) in [5.41, 5.74) is 5.51. The van der Waals surface area contributed by atoms with E-state index in [2.05, 4.69) is 5.16 Å². The molecule has 2 aromatic rings. The first-order chi connectivity index (χ1) is 7.22. The molecule has 0 atom stereocenters. The first-order valence-electron chi connectivity index (χ1n) is 4.23. The summed E-state index contributed by atoms with van der Waals surface area (Å²) in [5, 5.41) is 12.2. The second kappa shape index (κ2) is 3.45. The molecule has 1 aromatic carbocycles. The number of amides is 1. The van der Waals surface area contributed by atoms with Crippen molar-refractivity contribution in [3.63, 3.8) is 0 Å². The van der Waals surface area contributed by atoms with E-state index in [1.165, 1.54) is 6.07 Å². The van der Waals surface area contributed by atoms with Crippen LogP contribution in [0.3, 0.4) is 0 Å². The van der Waals surface area contributed by atoms with Gasteiger partial charge in [0.25, 0.3) is 11.5 Å². The molecule has 0 unspecified atom stereocenters. The zero-order valence-electron chi connectivity index (χ0n) is 7.68. The number of carbonyl (C=O) groups excluding carboxylic acids is 1. The van der Waals surface area contributed by atoms with Crippen LogP contribution >= 0.6 is 0 Å². The molecule has 0 aliphatic rings. The average Bonchev–Trinajstić information content (AvgIpc) is 2.27. The highest BCUT2D eigenvalue weighted by Crippen LogP contribution is 2.12. The largest absolute Gasteiger partial charge is 0.435 e. The molecule has 0 radical (unpaired) electrons. The van der Waals surface area contributed by atoms with Crippen LogP contribution in [0.1, 0.15) is 10.4 Å². The van der Waals surface area contributed by atoms with E-state index in [1.54, 1.807) is 24.3 Å². The van der Waals surface area contributed by atoms with Crippen molar-refractivity contribution in [3.8, 4) is 0 Å². The molecule has 0 saturated carbocycles. The van der Waals surface area contributed by atoms with Gasteiger partial charge in [0.1, 0.15) is 11.1 Å². The lowest BCUT2D eigenvalue weighted by Gasteiger charge is -1.99. The van der Waals surface area contributed by atoms with Crippen LogP contribution in [0, 0.1) is 0 Å². The molecule has 2 rings (SSSR count). The Balaban J connectivity index is 2.87. The molecule has 1 heterocycles. The maximum atomic E-state index is 11.0. The number of nitrogens with two attached hydrogens (primary N) is 1. The summed E-state index contributed by atoms with van der Waals surface area (Å²) in [6.07, 6.45) is 0. The summed E-state index contributed by atoms with van der Waals surface area (Å²) in [4.78, 5) is 11.0. The number of nitrogens with zero attached hydrogens (tertiary/aromatic N) is 1. The smallest absolute Gasteiger partial charge is 0.268 e. The lowest BCUT2D eigenvalue weighted by molar-refractivity contribution is 0.0994. The highest BCUT2D eigenvalue weighted by atomic mass is 16.5. The summed E-state index contributed by atoms with van der Waals surface area (Å²) < 4.78 is 5.19. The molecule has 5 nitrogen and oxygen atoms in total. The highest BCUT2D eigenvalue weighted by molar-refractivity contribution is 5.95. The zero-order chi connectivity index (χ0) is 10.8. The van der Waals surface area contributed by atoms with Gasteiger partial charge >= 0.3 is 0 Å². The van der Waals surface area contributed by atoms with E-state index in [0.29, 0.717) is 5.58 Å². The molecule has 0 spiro atoms. The number of carbonyl (C=O) groups is 1. The minimum absolute atomic E-state index is 0.0520. The van der Waals surface area contributed by atoms with Crippen LogP contribution in [0.5, 0.6) is 0 Å². The van der Waals surface area contributed by atoms with Crippen LogP contribution in [0.4, 0.5) is 0 Å². The predicted molar refractivity (Wildman–Crippen MR) is 52.1 cm³/mol. The normalized spacial score (nSPS) is 11.9. The van der Waals surface area contributed by atoms with E-state index in [4.69, 9.17) is 15.4 Å². The first kappa shape index (κ1) is 9.26. The quantitative estimate of drug-likeness (QED) is 0.532. The Labute approximate surface area is 84.4 Å². The third kappa shape index (κ3) is 1.54. The van der Waals surface area contributed by atoms with Gasteiger partial charge in [0.2, 0.25) is 0 Å². The molecule has 5 heteroatoms. The first-order valence-corrected chi connectivity index (χ1v) is 4.23. The van der Waals surface area contributed by atoms with Gasteiger partial charge < -0.3 is 15.4 Å². The van der Waals surface area contributed by atoms with Crippen molar-refractivity contribution in [1.82, 2.24) is 0 Å². The minimum Gasteiger partial charge on any atom is -0.435 e. The van der Waals surface area contributed by atoms with Crippen molar-refractivity contribution < 1.29 is 14.4 Å². The molecule has 0 aliphatic heterocycles. The lowest BCUT2D eigenvalue weighted by Crippen LogP contribution is -2.21. The number of rotatable bonds is 1. The van der Waals surface area contributed by atoms with Gasteiger partial charge in [0, 0.05) is 5.39 Å². The Kier molecular flexibility index (Phi) is 2.13. The van der Waals surface area contributed by atoms with E-state index in [-0.39, 0.29) is 11.1 Å². The fraction of sp³-hybridized carbons (Fsp3) is 0. The Morgan fingerprint density at radius 1 is 1.40 bits per heavy atom. The number of benzene rings is 1. The summed E-state index contributed by atoms with van der Waals surface area (Å²) in [6.45, 7) is 0. The second-order valence-electron chi connectivity index (χ2n) is 2.97. The molecule has 0 bridgehead atoms. The molecule has 1 amide bonds. The van der Waals surface area contributed by atoms with Gasteiger partial charge in [0.15, 0.2) is 0 Å². The van der Waals surface area contributed by atoms with Gasteiger partial charge in [-0.15, -0.1) is 0 Å². The summed E-state index contributed by atoms with van der Waals surface area (Å²) >= 11 is 0. The average molecular weight is 204 g/mol. The molecular weight excluding hydrogens is 196 g/mol. The van der Waals surface area contributed by atoms with Crippen LogP contribution < -0.4 is 11.3 Å². The van der Waals surface area contributed by atoms with Crippen molar-refractivity contribution in [3.05, 3.63) is 41.4 Å². The van der Waals surface area contributed by atoms with Crippen LogP contribution in [0.25, 0.3) is 11.0 Å². The van der Waals surface area contributed by atoms with Gasteiger partial charge in [-0.3, -0.25) is 4.79 Å². The molecule has 0 saturated heterocycles. The minimum atomic E-state index is -0.697. The Morgan fingerprint density at radius 2 is 2.13 bits per heavy atom. The van der Waals surface area contributed by atoms with E-state index in [9.17, 15) is 4.79 Å². The number of fused-ring (bicyclic) bond motifs is 1. The maximum absolute atomic E-state index is 11.0. The van der Waals surface area contributed by atoms with Gasteiger partial charge in [-0.2, -0.15) is 0 Å². The predicted octanol–water partition coefficient (Wildman–Crippen LogP) is 0.822. The van der Waals surface area contributed by atoms with Crippen LogP contribution in [-0.2, 0) is 0 Å². The summed E-state index contributed by atoms with van der Waals surface area (Å²) in [5.74, 6) is -0.697. The fourth-order valence-corrected chi connectivity index (χ4v) is 1.32. The van der Waals surface area contributed by atoms with Crippen molar-refractivity contribution in [2.45, 2.75) is 0 Å². The summed E-state index contributed by atoms with van der Waals surface area (Å²) in [7, 11) is 0. The van der Waals surface area contributed by atoms with Crippen LogP contribution in [0.15, 0.2) is 39.9 Å². The van der Waals surface area contributed by atoms with E-state index in [0.717, 1.165) is 5.39 Å². The molecule has 76 valence electrons. The van der Waals surface area contributed by atoms with Gasteiger partial charge in [-0.25, -0.2) is 0 Å². The maximum Gasteiger partial charge on any atom is 0.268 e. The number of primary amides is 1. The highest BCUT2D eigenvalue weighted by Gasteiger charge is 2.08. The van der Waals surface area contributed by atoms with E-state index < -0.39 is 5.91 Å². The molecular formula is C10H8N2O3. The number of hydrogen-bond acceptors (Lipinski definition) is 4. The molecule has 0 fully saturated rings. The standard InChI is InChI=1S/C10H8N2O3/c11-9(13)7-5-6-3-1-2-4-8(6)15-10(7)12-14/h1-5,14H,(H2,11,13)/b12-10+. The Bertz CT molecular complexity index is 586. The second-order valence-corrected chi connectivity index (χ2v) is 2.97. The lowest BCUT2D eigenvalue weighted by atomic mass is 10.2. The SMILES string of the molecule is NC(=O)c1cc2ccccc2o/c1=N/O. The van der Waals surface area contributed by atoms with E-state index in [1.807, 2.05) is 0 Å². The van der Waals surface area contributed by atoms with Crippen molar-refractivity contribution >= 4 is 16.9 Å². The van der Waals surface area contributed by atoms with Gasteiger partial charge in [-0.1, -0.05) is 18.2 Å². The molecule has 3 N–H and O–H groups in total. The monoisotopic (exact) mass is 204 g/mol. The summed E-state index contributed by atoms with van der Waals surface area (Å²) in [6, 6.07) is 8.58. The number of hydrogen-bond donors (Lipinski definition) is 2. The zero-order valence-corrected chi connectivity index (χ0v) is 7.68. The third-order valence-corrected chi connectivity index (χ3v) is 2.01. The molecule has 0 aliphatic carbocycles. The van der Waals surface area contributed by atoms with Crippen molar-refractivity contribution in [1.29, 1.82) is 0 Å².